The van der Waals surface area contributed by atoms with Gasteiger partial charge in [0, 0.05) is 6.07 Å². The fourth-order valence-electron chi connectivity index (χ4n) is 4.70. The predicted octanol–water partition coefficient (Wildman–Crippen LogP) is 8.88. The van der Waals surface area contributed by atoms with Gasteiger partial charge in [0.05, 0.1) is 0 Å². The Kier molecular flexibility index (Phi) is 8.35. The normalized spacial score (nSPS) is 15.9. The predicted molar refractivity (Wildman–Crippen MR) is 154 cm³/mol. The van der Waals surface area contributed by atoms with Crippen LogP contribution < -0.4 is 18.3 Å². The topological polar surface area (TPSA) is 71.1 Å². The van der Waals surface area contributed by atoms with Gasteiger partial charge in [-0.2, -0.15) is 0 Å². The standard InChI is InChI=1S/C30H38O6P2/c1-8-30(15-16-30)24-17-22(4)28(23(5)18-24)36-38(32)35-26-14-10-13-25(19-26)34-37(31)29(6,7)33-27-20(2)11-9-12-21(27)3/h9-14,17-19,37-38H,8,15-16H2,1-7H3. The van der Waals surface area contributed by atoms with Crippen molar-refractivity contribution in [3.63, 3.8) is 0 Å². The van der Waals surface area contributed by atoms with Crippen molar-refractivity contribution in [3.8, 4) is 23.0 Å². The highest BCUT2D eigenvalue weighted by atomic mass is 31.1. The van der Waals surface area contributed by atoms with Gasteiger partial charge in [-0.1, -0.05) is 43.3 Å². The first kappa shape index (κ1) is 28.3. The van der Waals surface area contributed by atoms with Crippen molar-refractivity contribution >= 4 is 16.3 Å². The van der Waals surface area contributed by atoms with Crippen molar-refractivity contribution in [1.29, 1.82) is 0 Å². The molecule has 204 valence electrons. The van der Waals surface area contributed by atoms with E-state index in [1.807, 2.05) is 45.9 Å². The zero-order chi connectivity index (χ0) is 27.7. The molecule has 4 rings (SSSR count). The molecule has 0 aromatic heterocycles. The minimum absolute atomic E-state index is 0.288. The molecular formula is C30H38O6P2. The van der Waals surface area contributed by atoms with Crippen molar-refractivity contribution in [2.75, 3.05) is 0 Å². The van der Waals surface area contributed by atoms with Gasteiger partial charge in [0.15, 0.2) is 5.34 Å². The largest absolute Gasteiger partial charge is 0.476 e. The van der Waals surface area contributed by atoms with Gasteiger partial charge in [0.25, 0.3) is 8.03 Å². The smallest absolute Gasteiger partial charge is 0.418 e. The Morgan fingerprint density at radius 1 is 0.763 bits per heavy atom. The van der Waals surface area contributed by atoms with E-state index in [0.29, 0.717) is 23.0 Å². The van der Waals surface area contributed by atoms with Crippen LogP contribution in [-0.2, 0) is 14.5 Å². The molecule has 2 atom stereocenters. The van der Waals surface area contributed by atoms with E-state index in [4.69, 9.17) is 18.3 Å². The van der Waals surface area contributed by atoms with Crippen LogP contribution in [0.3, 0.4) is 0 Å². The van der Waals surface area contributed by atoms with Crippen LogP contribution in [0.15, 0.2) is 54.6 Å². The van der Waals surface area contributed by atoms with Gasteiger partial charge in [0.2, 0.25) is 0 Å². The summed E-state index contributed by atoms with van der Waals surface area (Å²) < 4.78 is 49.3. The number of aryl methyl sites for hydroxylation is 4. The monoisotopic (exact) mass is 556 g/mol. The molecule has 38 heavy (non-hydrogen) atoms. The number of benzene rings is 3. The quantitative estimate of drug-likeness (QED) is 0.220. The number of para-hydroxylation sites is 1. The Hall–Kier alpha value is -2.68. The molecule has 6 nitrogen and oxygen atoms in total. The minimum Gasteiger partial charge on any atom is -0.476 e. The first-order valence-electron chi connectivity index (χ1n) is 13.0. The van der Waals surface area contributed by atoms with Crippen LogP contribution in [0.2, 0.25) is 0 Å². The van der Waals surface area contributed by atoms with Crippen LogP contribution >= 0.6 is 16.3 Å². The van der Waals surface area contributed by atoms with Gasteiger partial charge >= 0.3 is 8.25 Å². The fraction of sp³-hybridized carbons (Fsp3) is 0.400. The second-order valence-electron chi connectivity index (χ2n) is 10.7. The lowest BCUT2D eigenvalue weighted by Gasteiger charge is -2.27. The SMILES string of the molecule is CCC1(c2cc(C)c(O[PH](=O)Oc3cccc(O[PH](=O)C(C)(C)Oc4c(C)cccc4C)c3)c(C)c2)CC1. The Morgan fingerprint density at radius 2 is 1.32 bits per heavy atom. The van der Waals surface area contributed by atoms with Gasteiger partial charge in [-0.05, 0) is 106 Å². The maximum absolute atomic E-state index is 13.2. The highest BCUT2D eigenvalue weighted by Crippen LogP contribution is 2.52. The van der Waals surface area contributed by atoms with Gasteiger partial charge < -0.3 is 18.3 Å². The molecular weight excluding hydrogens is 518 g/mol. The van der Waals surface area contributed by atoms with E-state index in [2.05, 4.69) is 19.1 Å². The summed E-state index contributed by atoms with van der Waals surface area (Å²) in [4.78, 5) is 0. The van der Waals surface area contributed by atoms with Crippen molar-refractivity contribution < 1.29 is 27.4 Å². The van der Waals surface area contributed by atoms with Crippen LogP contribution in [0.25, 0.3) is 0 Å². The average molecular weight is 557 g/mol. The molecule has 2 unspecified atom stereocenters. The molecule has 3 aromatic carbocycles. The zero-order valence-electron chi connectivity index (χ0n) is 23.3. The van der Waals surface area contributed by atoms with Gasteiger partial charge in [-0.15, -0.1) is 0 Å². The molecule has 0 radical (unpaired) electrons. The summed E-state index contributed by atoms with van der Waals surface area (Å²) in [5.41, 5.74) is 5.44. The first-order chi connectivity index (χ1) is 17.9. The van der Waals surface area contributed by atoms with E-state index in [1.54, 1.807) is 38.1 Å². The van der Waals surface area contributed by atoms with E-state index in [1.165, 1.54) is 18.4 Å². The summed E-state index contributed by atoms with van der Waals surface area (Å²) in [6.07, 6.45) is 3.54. The van der Waals surface area contributed by atoms with E-state index in [0.717, 1.165) is 28.7 Å². The summed E-state index contributed by atoms with van der Waals surface area (Å²) in [6, 6.07) is 16.7. The van der Waals surface area contributed by atoms with Crippen molar-refractivity contribution in [2.24, 2.45) is 0 Å². The molecule has 0 N–H and O–H groups in total. The molecule has 1 aliphatic carbocycles. The number of rotatable bonds is 11. The van der Waals surface area contributed by atoms with E-state index < -0.39 is 21.6 Å². The van der Waals surface area contributed by atoms with Crippen LogP contribution in [0, 0.1) is 27.7 Å². The summed E-state index contributed by atoms with van der Waals surface area (Å²) >= 11 is 0. The highest BCUT2D eigenvalue weighted by Gasteiger charge is 2.42. The Bertz CT molecular complexity index is 1330. The lowest BCUT2D eigenvalue weighted by atomic mass is 9.90. The molecule has 0 spiro atoms. The van der Waals surface area contributed by atoms with Crippen LogP contribution in [-0.4, -0.2) is 5.34 Å². The third-order valence-corrected chi connectivity index (χ3v) is 9.54. The summed E-state index contributed by atoms with van der Waals surface area (Å²) in [5.74, 6) is 1.94. The minimum atomic E-state index is -2.90. The summed E-state index contributed by atoms with van der Waals surface area (Å²) in [6.45, 7) is 13.6. The maximum atomic E-state index is 13.2. The van der Waals surface area contributed by atoms with E-state index in [9.17, 15) is 9.13 Å². The average Bonchev–Trinajstić information content (AvgIpc) is 3.65. The highest BCUT2D eigenvalue weighted by molar-refractivity contribution is 7.41. The molecule has 1 saturated carbocycles. The molecule has 1 aliphatic rings. The van der Waals surface area contributed by atoms with Crippen LogP contribution in [0.4, 0.5) is 0 Å². The first-order valence-corrected chi connectivity index (χ1v) is 15.6. The second-order valence-corrected chi connectivity index (χ2v) is 13.6. The van der Waals surface area contributed by atoms with Crippen molar-refractivity contribution in [2.45, 2.75) is 78.5 Å². The Labute approximate surface area is 227 Å². The molecule has 3 aromatic rings. The van der Waals surface area contributed by atoms with Gasteiger partial charge in [-0.25, -0.2) is 4.57 Å². The van der Waals surface area contributed by atoms with Gasteiger partial charge in [0.1, 0.15) is 23.0 Å². The molecule has 8 heteroatoms. The van der Waals surface area contributed by atoms with Crippen LogP contribution in [0.5, 0.6) is 23.0 Å². The third kappa shape index (κ3) is 6.30. The zero-order valence-corrected chi connectivity index (χ0v) is 25.3. The molecule has 0 amide bonds. The number of hydrogen-bond donors (Lipinski definition) is 0. The van der Waals surface area contributed by atoms with E-state index >= 15 is 0 Å². The summed E-state index contributed by atoms with van der Waals surface area (Å²) in [5, 5.41) is -1.05. The molecule has 0 heterocycles. The number of hydrogen-bond acceptors (Lipinski definition) is 6. The lowest BCUT2D eigenvalue weighted by Crippen LogP contribution is -2.25. The second kappa shape index (κ2) is 11.2. The molecule has 0 bridgehead atoms. The van der Waals surface area contributed by atoms with Crippen molar-refractivity contribution in [3.05, 3.63) is 82.4 Å². The maximum Gasteiger partial charge on any atom is 0.418 e. The Balaban J connectivity index is 1.41. The van der Waals surface area contributed by atoms with Gasteiger partial charge in [-0.3, -0.25) is 4.57 Å². The molecule has 0 aliphatic heterocycles. The third-order valence-electron chi connectivity index (χ3n) is 7.26. The van der Waals surface area contributed by atoms with E-state index in [-0.39, 0.29) is 5.41 Å². The summed E-state index contributed by atoms with van der Waals surface area (Å²) in [7, 11) is -5.59. The Morgan fingerprint density at radius 3 is 1.87 bits per heavy atom. The van der Waals surface area contributed by atoms with Crippen molar-refractivity contribution in [1.82, 2.24) is 0 Å². The fourth-order valence-corrected chi connectivity index (χ4v) is 6.33. The number of ether oxygens (including phenoxy) is 1. The van der Waals surface area contributed by atoms with Crippen LogP contribution in [0.1, 0.15) is 67.9 Å². The lowest BCUT2D eigenvalue weighted by molar-refractivity contribution is 0.181. The molecule has 0 saturated heterocycles. The molecule has 1 fully saturated rings.